The number of hydrogen-bond donors (Lipinski definition) is 2. The highest BCUT2D eigenvalue weighted by Gasteiger charge is 2.26. The third-order valence-electron chi connectivity index (χ3n) is 4.09. The minimum absolute atomic E-state index is 0.0195. The molecule has 0 spiro atoms. The molecule has 2 aromatic rings. The van der Waals surface area contributed by atoms with Gasteiger partial charge in [-0.3, -0.25) is 14.4 Å². The van der Waals surface area contributed by atoms with E-state index in [1.807, 2.05) is 19.9 Å². The van der Waals surface area contributed by atoms with Crippen molar-refractivity contribution in [3.63, 3.8) is 0 Å². The average Bonchev–Trinajstić information content (AvgIpc) is 2.61. The summed E-state index contributed by atoms with van der Waals surface area (Å²) in [5.74, 6) is -2.66. The number of ether oxygens (including phenoxy) is 3. The summed E-state index contributed by atoms with van der Waals surface area (Å²) in [5, 5.41) is 21.6. The summed E-state index contributed by atoms with van der Waals surface area (Å²) in [7, 11) is 0. The molecule has 0 aromatic heterocycles. The molecule has 8 nitrogen and oxygen atoms in total. The van der Waals surface area contributed by atoms with E-state index in [2.05, 4.69) is 0 Å². The molecule has 0 radical (unpaired) electrons. The van der Waals surface area contributed by atoms with Crippen molar-refractivity contribution in [3.8, 4) is 23.0 Å². The maximum absolute atomic E-state index is 11.6. The molecule has 2 aromatic carbocycles. The summed E-state index contributed by atoms with van der Waals surface area (Å²) in [5.41, 5.74) is 1.08. The molecule has 0 aliphatic rings. The van der Waals surface area contributed by atoms with Crippen LogP contribution >= 0.6 is 0 Å². The predicted octanol–water partition coefficient (Wildman–Crippen LogP) is 4.06. The first-order valence-electron chi connectivity index (χ1n) is 9.20. The molecule has 0 amide bonds. The molecule has 0 aliphatic heterocycles. The van der Waals surface area contributed by atoms with Gasteiger partial charge in [-0.05, 0) is 32.0 Å². The maximum atomic E-state index is 11.6. The van der Waals surface area contributed by atoms with Gasteiger partial charge in [-0.25, -0.2) is 0 Å². The minimum atomic E-state index is -0.907. The summed E-state index contributed by atoms with van der Waals surface area (Å²) >= 11 is 0. The first-order valence-corrected chi connectivity index (χ1v) is 9.20. The van der Waals surface area contributed by atoms with Crippen molar-refractivity contribution in [2.75, 3.05) is 0 Å². The van der Waals surface area contributed by atoms with Gasteiger partial charge in [0, 0.05) is 32.8 Å². The Hall–Kier alpha value is -3.55. The normalized spacial score (nSPS) is 11.5. The predicted molar refractivity (Wildman–Crippen MR) is 108 cm³/mol. The van der Waals surface area contributed by atoms with Crippen molar-refractivity contribution in [3.05, 3.63) is 35.4 Å². The lowest BCUT2D eigenvalue weighted by Gasteiger charge is -2.21. The molecule has 0 heterocycles. The number of phenolic OH excluding ortho intramolecular Hbond substituents is 2. The van der Waals surface area contributed by atoms with E-state index in [9.17, 15) is 24.6 Å². The summed E-state index contributed by atoms with van der Waals surface area (Å²) in [6.45, 7) is 7.34. The van der Waals surface area contributed by atoms with Crippen molar-refractivity contribution in [1.82, 2.24) is 0 Å². The van der Waals surface area contributed by atoms with Crippen LogP contribution in [0, 0.1) is 0 Å². The molecule has 0 saturated heterocycles. The molecule has 0 saturated carbocycles. The highest BCUT2D eigenvalue weighted by atomic mass is 16.5. The van der Waals surface area contributed by atoms with Gasteiger partial charge in [0.05, 0.1) is 10.8 Å². The van der Waals surface area contributed by atoms with Gasteiger partial charge in [-0.15, -0.1) is 0 Å². The number of hydrogen-bond acceptors (Lipinski definition) is 8. The maximum Gasteiger partial charge on any atom is 0.308 e. The van der Waals surface area contributed by atoms with Crippen LogP contribution in [0.25, 0.3) is 10.8 Å². The van der Waals surface area contributed by atoms with Gasteiger partial charge in [0.25, 0.3) is 0 Å². The lowest BCUT2D eigenvalue weighted by atomic mass is 9.97. The van der Waals surface area contributed by atoms with E-state index in [1.165, 1.54) is 39.0 Å². The third-order valence-corrected chi connectivity index (χ3v) is 4.09. The standard InChI is InChI=1S/C22H24O8/c1-11(2)6-7-17(28-12(3)23)15-10-16(26)20-18(29-13(4)24)8-9-19(30-14(5)25)21(20)22(15)27/h6,8-10,17,26-27H,7H2,1-5H3. The van der Waals surface area contributed by atoms with E-state index in [-0.39, 0.29) is 45.8 Å². The van der Waals surface area contributed by atoms with E-state index in [1.54, 1.807) is 0 Å². The molecule has 2 rings (SSSR count). The van der Waals surface area contributed by atoms with E-state index in [4.69, 9.17) is 14.2 Å². The van der Waals surface area contributed by atoms with Gasteiger partial charge in [0.15, 0.2) is 0 Å². The molecule has 0 aliphatic carbocycles. The van der Waals surface area contributed by atoms with Gasteiger partial charge >= 0.3 is 17.9 Å². The molecule has 2 N–H and O–H groups in total. The number of aromatic hydroxyl groups is 2. The van der Waals surface area contributed by atoms with Crippen LogP contribution in [-0.4, -0.2) is 28.1 Å². The number of fused-ring (bicyclic) bond motifs is 1. The number of carbonyl (C=O) groups is 3. The Labute approximate surface area is 173 Å². The van der Waals surface area contributed by atoms with Crippen LogP contribution in [0.5, 0.6) is 23.0 Å². The number of esters is 3. The van der Waals surface area contributed by atoms with Crippen molar-refractivity contribution < 1.29 is 38.8 Å². The van der Waals surface area contributed by atoms with Gasteiger partial charge in [-0.2, -0.15) is 0 Å². The number of benzene rings is 2. The van der Waals surface area contributed by atoms with E-state index >= 15 is 0 Å². The van der Waals surface area contributed by atoms with Crippen molar-refractivity contribution in [2.45, 2.75) is 47.1 Å². The highest BCUT2D eigenvalue weighted by Crippen LogP contribution is 2.48. The second-order valence-electron chi connectivity index (χ2n) is 6.95. The number of phenols is 2. The summed E-state index contributed by atoms with van der Waals surface area (Å²) in [6.07, 6.45) is 1.15. The monoisotopic (exact) mass is 416 g/mol. The Morgan fingerprint density at radius 3 is 1.90 bits per heavy atom. The zero-order chi connectivity index (χ0) is 22.6. The Kier molecular flexibility index (Phi) is 7.05. The molecule has 160 valence electrons. The highest BCUT2D eigenvalue weighted by molar-refractivity contribution is 6.04. The molecule has 0 fully saturated rings. The number of carbonyl (C=O) groups excluding carboxylic acids is 3. The SMILES string of the molecule is CC(=O)Oc1ccc(OC(C)=O)c2c(O)c(C(CC=C(C)C)OC(C)=O)cc(O)c12. The fourth-order valence-electron chi connectivity index (χ4n) is 2.99. The van der Waals surface area contributed by atoms with Crippen molar-refractivity contribution in [1.29, 1.82) is 0 Å². The summed E-state index contributed by atoms with van der Waals surface area (Å²) in [4.78, 5) is 34.6. The second-order valence-corrected chi connectivity index (χ2v) is 6.95. The van der Waals surface area contributed by atoms with E-state index in [0.29, 0.717) is 0 Å². The summed E-state index contributed by atoms with van der Waals surface area (Å²) in [6, 6.07) is 3.91. The zero-order valence-corrected chi connectivity index (χ0v) is 17.4. The fraction of sp³-hybridized carbons (Fsp3) is 0.318. The molecule has 1 atom stereocenters. The lowest BCUT2D eigenvalue weighted by molar-refractivity contribution is -0.146. The lowest BCUT2D eigenvalue weighted by Crippen LogP contribution is -2.09. The Morgan fingerprint density at radius 2 is 1.43 bits per heavy atom. The zero-order valence-electron chi connectivity index (χ0n) is 17.4. The van der Waals surface area contributed by atoms with Gasteiger partial charge < -0.3 is 24.4 Å². The molecule has 30 heavy (non-hydrogen) atoms. The van der Waals surface area contributed by atoms with Crippen LogP contribution < -0.4 is 9.47 Å². The molecule has 1 unspecified atom stereocenters. The van der Waals surface area contributed by atoms with Crippen LogP contribution in [0.4, 0.5) is 0 Å². The van der Waals surface area contributed by atoms with Crippen molar-refractivity contribution in [2.24, 2.45) is 0 Å². The van der Waals surface area contributed by atoms with E-state index < -0.39 is 24.0 Å². The van der Waals surface area contributed by atoms with Crippen LogP contribution in [0.2, 0.25) is 0 Å². The Bertz CT molecular complexity index is 1030. The molecule has 8 heteroatoms. The topological polar surface area (TPSA) is 119 Å². The minimum Gasteiger partial charge on any atom is -0.507 e. The van der Waals surface area contributed by atoms with Gasteiger partial charge in [0.2, 0.25) is 0 Å². The third kappa shape index (κ3) is 5.28. The first-order chi connectivity index (χ1) is 14.0. The molecule has 0 bridgehead atoms. The summed E-state index contributed by atoms with van der Waals surface area (Å²) < 4.78 is 15.6. The van der Waals surface area contributed by atoms with Gasteiger partial charge in [-0.1, -0.05) is 11.6 Å². The van der Waals surface area contributed by atoms with Crippen LogP contribution in [0.3, 0.4) is 0 Å². The Morgan fingerprint density at radius 1 is 0.900 bits per heavy atom. The fourth-order valence-corrected chi connectivity index (χ4v) is 2.99. The second kappa shape index (κ2) is 9.30. The van der Waals surface area contributed by atoms with Gasteiger partial charge in [0.1, 0.15) is 29.1 Å². The van der Waals surface area contributed by atoms with Crippen LogP contribution in [0.1, 0.15) is 52.7 Å². The first kappa shape index (κ1) is 22.7. The number of rotatable bonds is 6. The number of allylic oxidation sites excluding steroid dienone is 1. The van der Waals surface area contributed by atoms with Crippen LogP contribution in [0.15, 0.2) is 29.8 Å². The van der Waals surface area contributed by atoms with E-state index in [0.717, 1.165) is 5.57 Å². The largest absolute Gasteiger partial charge is 0.507 e. The quantitative estimate of drug-likeness (QED) is 0.313. The smallest absolute Gasteiger partial charge is 0.308 e. The molecular formula is C22H24O8. The Balaban J connectivity index is 2.82. The van der Waals surface area contributed by atoms with Crippen molar-refractivity contribution >= 4 is 28.7 Å². The molecular weight excluding hydrogens is 392 g/mol. The average molecular weight is 416 g/mol. The van der Waals surface area contributed by atoms with Crippen LogP contribution in [-0.2, 0) is 19.1 Å².